The fourth-order valence-corrected chi connectivity index (χ4v) is 8.37. The second-order valence-electron chi connectivity index (χ2n) is 14.9. The molecule has 0 bridgehead atoms. The SMILES string of the molecule is CC1(C)c2ccccc2-c2ccc(-c3cccc(-c4ccc(-c5cc(-c6cccc(-c7cccnc7)c6)nc(-c6ccccc6)n5)c5ccccc45)c3)cc21. The van der Waals surface area contributed by atoms with Crippen LogP contribution in [0, 0.1) is 0 Å². The summed E-state index contributed by atoms with van der Waals surface area (Å²) < 4.78 is 0. The molecular formula is C52H37N3. The van der Waals surface area contributed by atoms with Crippen molar-refractivity contribution in [1.82, 2.24) is 15.0 Å². The number of hydrogen-bond acceptors (Lipinski definition) is 3. The van der Waals surface area contributed by atoms with Gasteiger partial charge < -0.3 is 0 Å². The monoisotopic (exact) mass is 703 g/mol. The Morgan fingerprint density at radius 1 is 0.364 bits per heavy atom. The Hall–Kier alpha value is -6.97. The molecule has 1 aliphatic carbocycles. The zero-order chi connectivity index (χ0) is 36.9. The van der Waals surface area contributed by atoms with Gasteiger partial charge in [0.05, 0.1) is 11.4 Å². The molecule has 0 unspecified atom stereocenters. The molecule has 0 fully saturated rings. The Balaban J connectivity index is 1.08. The van der Waals surface area contributed by atoms with Crippen molar-refractivity contribution in [2.75, 3.05) is 0 Å². The average Bonchev–Trinajstić information content (AvgIpc) is 3.49. The van der Waals surface area contributed by atoms with Crippen LogP contribution in [0.15, 0.2) is 188 Å². The van der Waals surface area contributed by atoms with Crippen LogP contribution in [0.25, 0.3) is 89.2 Å². The van der Waals surface area contributed by atoms with Gasteiger partial charge in [0.15, 0.2) is 5.82 Å². The molecule has 9 aromatic rings. The summed E-state index contributed by atoms with van der Waals surface area (Å²) in [6, 6.07) is 62.9. The van der Waals surface area contributed by atoms with Crippen molar-refractivity contribution in [3.63, 3.8) is 0 Å². The van der Waals surface area contributed by atoms with E-state index in [0.717, 1.165) is 44.6 Å². The molecule has 0 saturated heterocycles. The molecule has 0 radical (unpaired) electrons. The summed E-state index contributed by atoms with van der Waals surface area (Å²) in [7, 11) is 0. The van der Waals surface area contributed by atoms with Crippen molar-refractivity contribution in [3.05, 3.63) is 199 Å². The zero-order valence-electron chi connectivity index (χ0n) is 30.7. The molecule has 0 saturated carbocycles. The van der Waals surface area contributed by atoms with E-state index in [4.69, 9.17) is 9.97 Å². The van der Waals surface area contributed by atoms with Crippen LogP contribution in [0.4, 0.5) is 0 Å². The van der Waals surface area contributed by atoms with Crippen LogP contribution in [0.5, 0.6) is 0 Å². The van der Waals surface area contributed by atoms with Crippen LogP contribution in [-0.2, 0) is 5.41 Å². The first-order valence-electron chi connectivity index (χ1n) is 18.8. The van der Waals surface area contributed by atoms with Crippen molar-refractivity contribution in [2.45, 2.75) is 19.3 Å². The Kier molecular flexibility index (Phi) is 7.81. The molecular weight excluding hydrogens is 667 g/mol. The van der Waals surface area contributed by atoms with E-state index in [9.17, 15) is 0 Å². The van der Waals surface area contributed by atoms with E-state index in [0.29, 0.717) is 5.82 Å². The van der Waals surface area contributed by atoms with Gasteiger partial charge in [0.25, 0.3) is 0 Å². The predicted octanol–water partition coefficient (Wildman–Crippen LogP) is 13.3. The van der Waals surface area contributed by atoms with Gasteiger partial charge in [0.1, 0.15) is 0 Å². The molecule has 1 aliphatic rings. The first-order valence-corrected chi connectivity index (χ1v) is 18.8. The van der Waals surface area contributed by atoms with Gasteiger partial charge >= 0.3 is 0 Å². The number of benzene rings is 7. The van der Waals surface area contributed by atoms with Gasteiger partial charge in [0, 0.05) is 40.1 Å². The van der Waals surface area contributed by atoms with Crippen LogP contribution in [0.3, 0.4) is 0 Å². The lowest BCUT2D eigenvalue weighted by Crippen LogP contribution is -2.14. The van der Waals surface area contributed by atoms with Crippen molar-refractivity contribution in [2.24, 2.45) is 0 Å². The summed E-state index contributed by atoms with van der Waals surface area (Å²) in [6.45, 7) is 4.68. The summed E-state index contributed by atoms with van der Waals surface area (Å²) >= 11 is 0. The highest BCUT2D eigenvalue weighted by Crippen LogP contribution is 2.49. The highest BCUT2D eigenvalue weighted by Gasteiger charge is 2.35. The van der Waals surface area contributed by atoms with E-state index >= 15 is 0 Å². The predicted molar refractivity (Wildman–Crippen MR) is 228 cm³/mol. The van der Waals surface area contributed by atoms with E-state index in [2.05, 4.69) is 170 Å². The van der Waals surface area contributed by atoms with Gasteiger partial charge in [0.2, 0.25) is 0 Å². The molecule has 0 aliphatic heterocycles. The molecule has 10 rings (SSSR count). The lowest BCUT2D eigenvalue weighted by Gasteiger charge is -2.22. The fourth-order valence-electron chi connectivity index (χ4n) is 8.37. The molecule has 55 heavy (non-hydrogen) atoms. The van der Waals surface area contributed by atoms with Crippen LogP contribution in [0.2, 0.25) is 0 Å². The van der Waals surface area contributed by atoms with Crippen molar-refractivity contribution < 1.29 is 0 Å². The summed E-state index contributed by atoms with van der Waals surface area (Å²) in [5.74, 6) is 0.696. The number of pyridine rings is 1. The van der Waals surface area contributed by atoms with E-state index in [-0.39, 0.29) is 5.41 Å². The maximum absolute atomic E-state index is 5.22. The standard InChI is InChI=1S/C52H37N3/c1-52(2)47-23-9-8-22-44(47)45-25-24-37(31-48(45)52)35-15-10-17-38(29-35)41-26-27-46(43-21-7-6-20-42(41)43)50-32-49(54-51(55-50)34-13-4-3-5-14-34)39-18-11-16-36(30-39)40-19-12-28-53-33-40/h3-33H,1-2H3. The van der Waals surface area contributed by atoms with Crippen LogP contribution in [0.1, 0.15) is 25.0 Å². The van der Waals surface area contributed by atoms with E-state index in [1.165, 1.54) is 49.9 Å². The van der Waals surface area contributed by atoms with Gasteiger partial charge in [-0.2, -0.15) is 0 Å². The maximum Gasteiger partial charge on any atom is 0.160 e. The third-order valence-corrected chi connectivity index (χ3v) is 11.2. The molecule has 7 aromatic carbocycles. The highest BCUT2D eigenvalue weighted by molar-refractivity contribution is 6.05. The minimum absolute atomic E-state index is 0.0466. The molecule has 3 heteroatoms. The highest BCUT2D eigenvalue weighted by atomic mass is 14.9. The molecule has 260 valence electrons. The first kappa shape index (κ1) is 32.7. The van der Waals surface area contributed by atoms with Crippen molar-refractivity contribution in [3.8, 4) is 78.4 Å². The molecule has 2 aromatic heterocycles. The lowest BCUT2D eigenvalue weighted by atomic mass is 9.81. The average molecular weight is 704 g/mol. The first-order chi connectivity index (χ1) is 27.0. The molecule has 3 nitrogen and oxygen atoms in total. The Morgan fingerprint density at radius 2 is 0.945 bits per heavy atom. The van der Waals surface area contributed by atoms with Gasteiger partial charge in [-0.1, -0.05) is 159 Å². The van der Waals surface area contributed by atoms with Crippen molar-refractivity contribution >= 4 is 10.8 Å². The van der Waals surface area contributed by atoms with Gasteiger partial charge in [-0.25, -0.2) is 9.97 Å². The van der Waals surface area contributed by atoms with Crippen LogP contribution >= 0.6 is 0 Å². The number of rotatable bonds is 6. The summed E-state index contributed by atoms with van der Waals surface area (Å²) in [6.07, 6.45) is 3.70. The van der Waals surface area contributed by atoms with E-state index < -0.39 is 0 Å². The molecule has 0 amide bonds. The largest absolute Gasteiger partial charge is 0.264 e. The zero-order valence-corrected chi connectivity index (χ0v) is 30.7. The molecule has 0 atom stereocenters. The molecule has 2 heterocycles. The Morgan fingerprint density at radius 3 is 1.76 bits per heavy atom. The fraction of sp³-hybridized carbons (Fsp3) is 0.0577. The van der Waals surface area contributed by atoms with Crippen LogP contribution < -0.4 is 0 Å². The molecule has 0 spiro atoms. The van der Waals surface area contributed by atoms with E-state index in [1.807, 2.05) is 30.5 Å². The smallest absolute Gasteiger partial charge is 0.160 e. The minimum atomic E-state index is -0.0466. The molecule has 0 N–H and O–H groups in total. The quantitative estimate of drug-likeness (QED) is 0.173. The lowest BCUT2D eigenvalue weighted by molar-refractivity contribution is 0.660. The third kappa shape index (κ3) is 5.73. The second kappa shape index (κ2) is 13.2. The third-order valence-electron chi connectivity index (χ3n) is 11.2. The van der Waals surface area contributed by atoms with Crippen LogP contribution in [-0.4, -0.2) is 15.0 Å². The Labute approximate surface area is 321 Å². The van der Waals surface area contributed by atoms with Gasteiger partial charge in [-0.05, 0) is 91.2 Å². The van der Waals surface area contributed by atoms with Crippen molar-refractivity contribution in [1.29, 1.82) is 0 Å². The van der Waals surface area contributed by atoms with E-state index in [1.54, 1.807) is 6.20 Å². The minimum Gasteiger partial charge on any atom is -0.264 e. The topological polar surface area (TPSA) is 38.7 Å². The summed E-state index contributed by atoms with van der Waals surface area (Å²) in [4.78, 5) is 14.7. The number of nitrogens with zero attached hydrogens (tertiary/aromatic N) is 3. The maximum atomic E-state index is 5.22. The normalized spacial score (nSPS) is 12.7. The second-order valence-corrected chi connectivity index (χ2v) is 14.9. The van der Waals surface area contributed by atoms with Gasteiger partial charge in [-0.15, -0.1) is 0 Å². The summed E-state index contributed by atoms with van der Waals surface area (Å²) in [5, 5.41) is 2.33. The number of aromatic nitrogens is 3. The number of fused-ring (bicyclic) bond motifs is 4. The number of hydrogen-bond donors (Lipinski definition) is 0. The van der Waals surface area contributed by atoms with Gasteiger partial charge in [-0.3, -0.25) is 4.98 Å². The Bertz CT molecular complexity index is 2890. The summed E-state index contributed by atoms with van der Waals surface area (Å²) in [5.41, 5.74) is 17.2.